The van der Waals surface area contributed by atoms with E-state index in [1.807, 2.05) is 6.07 Å². The number of para-hydroxylation sites is 1. The van der Waals surface area contributed by atoms with Gasteiger partial charge in [0.2, 0.25) is 0 Å². The number of hydrogen-bond donors (Lipinski definition) is 0. The summed E-state index contributed by atoms with van der Waals surface area (Å²) in [7, 11) is 0. The standard InChI is InChI=1S/C17H17N3O4/c21-17(12-2-1-3-14-16(12)24-9-8-23-14)20-6-7-22-15(11-20)13-10-18-4-5-19-13/h1-5,10,15H,6-9,11H2/t15-/m1/s1. The van der Waals surface area contributed by atoms with Crippen LogP contribution in [0.4, 0.5) is 0 Å². The summed E-state index contributed by atoms with van der Waals surface area (Å²) >= 11 is 0. The van der Waals surface area contributed by atoms with Gasteiger partial charge >= 0.3 is 0 Å². The highest BCUT2D eigenvalue weighted by molar-refractivity contribution is 5.98. The molecular formula is C17H17N3O4. The van der Waals surface area contributed by atoms with Crippen molar-refractivity contribution in [3.63, 3.8) is 0 Å². The second-order valence-corrected chi connectivity index (χ2v) is 5.57. The Hall–Kier alpha value is -2.67. The maximum absolute atomic E-state index is 12.9. The van der Waals surface area contributed by atoms with Crippen molar-refractivity contribution >= 4 is 5.91 Å². The maximum Gasteiger partial charge on any atom is 0.257 e. The molecule has 2 aromatic rings. The number of ether oxygens (including phenoxy) is 3. The molecule has 0 N–H and O–H groups in total. The van der Waals surface area contributed by atoms with Crippen LogP contribution in [0.3, 0.4) is 0 Å². The van der Waals surface area contributed by atoms with Gasteiger partial charge in [-0.25, -0.2) is 0 Å². The topological polar surface area (TPSA) is 73.8 Å². The predicted molar refractivity (Wildman–Crippen MR) is 84.1 cm³/mol. The van der Waals surface area contributed by atoms with Gasteiger partial charge in [0.25, 0.3) is 5.91 Å². The van der Waals surface area contributed by atoms with E-state index >= 15 is 0 Å². The van der Waals surface area contributed by atoms with Crippen LogP contribution in [0.15, 0.2) is 36.8 Å². The Morgan fingerprint density at radius 1 is 1.17 bits per heavy atom. The maximum atomic E-state index is 12.9. The summed E-state index contributed by atoms with van der Waals surface area (Å²) in [4.78, 5) is 23.0. The number of amides is 1. The molecule has 124 valence electrons. The summed E-state index contributed by atoms with van der Waals surface area (Å²) < 4.78 is 16.9. The zero-order valence-corrected chi connectivity index (χ0v) is 13.1. The summed E-state index contributed by atoms with van der Waals surface area (Å²) in [5.74, 6) is 1.05. The predicted octanol–water partition coefficient (Wildman–Crippen LogP) is 1.46. The van der Waals surface area contributed by atoms with Crippen molar-refractivity contribution < 1.29 is 19.0 Å². The lowest BCUT2D eigenvalue weighted by Crippen LogP contribution is -2.42. The van der Waals surface area contributed by atoms with Crippen molar-refractivity contribution in [3.05, 3.63) is 48.0 Å². The van der Waals surface area contributed by atoms with Crippen LogP contribution in [0.2, 0.25) is 0 Å². The monoisotopic (exact) mass is 327 g/mol. The van der Waals surface area contributed by atoms with Crippen LogP contribution in [-0.4, -0.2) is 53.7 Å². The van der Waals surface area contributed by atoms with Crippen molar-refractivity contribution in [2.75, 3.05) is 32.9 Å². The summed E-state index contributed by atoms with van der Waals surface area (Å²) in [6.45, 7) is 2.36. The third-order valence-corrected chi connectivity index (χ3v) is 4.06. The van der Waals surface area contributed by atoms with Gasteiger partial charge in [-0.2, -0.15) is 0 Å². The van der Waals surface area contributed by atoms with Crippen LogP contribution in [-0.2, 0) is 4.74 Å². The van der Waals surface area contributed by atoms with Crippen LogP contribution in [0.5, 0.6) is 11.5 Å². The summed E-state index contributed by atoms with van der Waals surface area (Å²) in [6.07, 6.45) is 4.63. The molecule has 1 saturated heterocycles. The van der Waals surface area contributed by atoms with Gasteiger partial charge in [0, 0.05) is 18.9 Å². The van der Waals surface area contributed by atoms with Gasteiger partial charge in [-0.05, 0) is 12.1 Å². The quantitative estimate of drug-likeness (QED) is 0.831. The third kappa shape index (κ3) is 2.78. The fourth-order valence-corrected chi connectivity index (χ4v) is 2.90. The van der Waals surface area contributed by atoms with Gasteiger partial charge in [0.05, 0.1) is 30.6 Å². The second kappa shape index (κ2) is 6.45. The highest BCUT2D eigenvalue weighted by Crippen LogP contribution is 2.35. The number of benzene rings is 1. The van der Waals surface area contributed by atoms with Crippen molar-refractivity contribution in [2.24, 2.45) is 0 Å². The molecule has 2 aliphatic heterocycles. The Morgan fingerprint density at radius 2 is 2.08 bits per heavy atom. The minimum atomic E-state index is -0.270. The number of aromatic nitrogens is 2. The lowest BCUT2D eigenvalue weighted by molar-refractivity contribution is -0.0250. The van der Waals surface area contributed by atoms with Crippen molar-refractivity contribution in [2.45, 2.75) is 6.10 Å². The van der Waals surface area contributed by atoms with Crippen LogP contribution in [0.1, 0.15) is 22.2 Å². The summed E-state index contributed by atoms with van der Waals surface area (Å²) in [6, 6.07) is 5.39. The van der Waals surface area contributed by atoms with Gasteiger partial charge < -0.3 is 19.1 Å². The average molecular weight is 327 g/mol. The van der Waals surface area contributed by atoms with Crippen LogP contribution < -0.4 is 9.47 Å². The lowest BCUT2D eigenvalue weighted by atomic mass is 10.1. The molecule has 3 heterocycles. The number of nitrogens with zero attached hydrogens (tertiary/aromatic N) is 3. The van der Waals surface area contributed by atoms with Gasteiger partial charge in [0.15, 0.2) is 11.5 Å². The molecule has 0 aliphatic carbocycles. The Labute approximate surface area is 139 Å². The number of carbonyl (C=O) groups excluding carboxylic acids is 1. The number of fused-ring (bicyclic) bond motifs is 1. The highest BCUT2D eigenvalue weighted by atomic mass is 16.6. The molecule has 1 aromatic carbocycles. The summed E-state index contributed by atoms with van der Waals surface area (Å²) in [5.41, 5.74) is 1.25. The molecular weight excluding hydrogens is 310 g/mol. The van der Waals surface area contributed by atoms with Gasteiger partial charge in [-0.1, -0.05) is 6.07 Å². The molecule has 0 spiro atoms. The lowest BCUT2D eigenvalue weighted by Gasteiger charge is -2.33. The normalized spacial score (nSPS) is 19.8. The van der Waals surface area contributed by atoms with Crippen LogP contribution >= 0.6 is 0 Å². The smallest absolute Gasteiger partial charge is 0.257 e. The first-order chi connectivity index (χ1) is 11.8. The fourth-order valence-electron chi connectivity index (χ4n) is 2.90. The second-order valence-electron chi connectivity index (χ2n) is 5.57. The zero-order chi connectivity index (χ0) is 16.4. The molecule has 0 unspecified atom stereocenters. The van der Waals surface area contributed by atoms with E-state index in [-0.39, 0.29) is 12.0 Å². The minimum absolute atomic E-state index is 0.0884. The first-order valence-corrected chi connectivity index (χ1v) is 7.88. The van der Waals surface area contributed by atoms with E-state index in [1.165, 1.54) is 0 Å². The fraction of sp³-hybridized carbons (Fsp3) is 0.353. The third-order valence-electron chi connectivity index (χ3n) is 4.06. The molecule has 4 rings (SSSR count). The number of hydrogen-bond acceptors (Lipinski definition) is 6. The Kier molecular flexibility index (Phi) is 4.00. The van der Waals surface area contributed by atoms with E-state index in [4.69, 9.17) is 14.2 Å². The molecule has 1 fully saturated rings. The largest absolute Gasteiger partial charge is 0.486 e. The molecule has 1 aromatic heterocycles. The van der Waals surface area contributed by atoms with Crippen molar-refractivity contribution in [1.82, 2.24) is 14.9 Å². The number of morpholine rings is 1. The Balaban J connectivity index is 1.56. The molecule has 2 aliphatic rings. The molecule has 1 amide bonds. The van der Waals surface area contributed by atoms with Crippen LogP contribution in [0.25, 0.3) is 0 Å². The average Bonchev–Trinajstić information content (AvgIpc) is 2.68. The van der Waals surface area contributed by atoms with Crippen LogP contribution in [0, 0.1) is 0 Å². The first kappa shape index (κ1) is 14.9. The van der Waals surface area contributed by atoms with E-state index in [1.54, 1.807) is 35.6 Å². The highest BCUT2D eigenvalue weighted by Gasteiger charge is 2.30. The van der Waals surface area contributed by atoms with Gasteiger partial charge in [0.1, 0.15) is 19.3 Å². The van der Waals surface area contributed by atoms with E-state index in [0.717, 1.165) is 5.69 Å². The molecule has 0 bridgehead atoms. The molecule has 0 saturated carbocycles. The van der Waals surface area contributed by atoms with Crippen molar-refractivity contribution in [3.8, 4) is 11.5 Å². The molecule has 7 heteroatoms. The first-order valence-electron chi connectivity index (χ1n) is 7.88. The summed E-state index contributed by atoms with van der Waals surface area (Å²) in [5, 5.41) is 0. The zero-order valence-electron chi connectivity index (χ0n) is 13.1. The minimum Gasteiger partial charge on any atom is -0.486 e. The molecule has 0 radical (unpaired) electrons. The van der Waals surface area contributed by atoms with E-state index < -0.39 is 0 Å². The van der Waals surface area contributed by atoms with E-state index in [2.05, 4.69) is 9.97 Å². The molecule has 7 nitrogen and oxygen atoms in total. The van der Waals surface area contributed by atoms with Crippen molar-refractivity contribution in [1.29, 1.82) is 0 Å². The molecule has 1 atom stereocenters. The van der Waals surface area contributed by atoms with Gasteiger partial charge in [-0.3, -0.25) is 14.8 Å². The Morgan fingerprint density at radius 3 is 2.96 bits per heavy atom. The molecule has 24 heavy (non-hydrogen) atoms. The van der Waals surface area contributed by atoms with E-state index in [0.29, 0.717) is 50.0 Å². The number of carbonyl (C=O) groups is 1. The SMILES string of the molecule is O=C(c1cccc2c1OCCO2)N1CCO[C@@H](c2cnccn2)C1. The Bertz CT molecular complexity index is 738. The van der Waals surface area contributed by atoms with Gasteiger partial charge in [-0.15, -0.1) is 0 Å². The number of rotatable bonds is 2. The van der Waals surface area contributed by atoms with E-state index in [9.17, 15) is 4.79 Å².